The highest BCUT2D eigenvalue weighted by atomic mass is 16.6. The molecule has 2 aromatic carbocycles. The van der Waals surface area contributed by atoms with Crippen LogP contribution < -0.4 is 5.32 Å². The molecule has 0 unspecified atom stereocenters. The molecule has 1 heterocycles. The van der Waals surface area contributed by atoms with E-state index < -0.39 is 41.9 Å². The van der Waals surface area contributed by atoms with Crippen molar-refractivity contribution in [1.29, 1.82) is 0 Å². The number of fused-ring (bicyclic) bond motifs is 3. The molecule has 0 spiro atoms. The first kappa shape index (κ1) is 25.7. The first-order valence-corrected chi connectivity index (χ1v) is 12.4. The van der Waals surface area contributed by atoms with Crippen LogP contribution >= 0.6 is 0 Å². The third kappa shape index (κ3) is 4.57. The van der Waals surface area contributed by atoms with Gasteiger partial charge in [-0.25, -0.2) is 9.59 Å². The summed E-state index contributed by atoms with van der Waals surface area (Å²) in [5, 5.41) is 12.5. The van der Waals surface area contributed by atoms with E-state index in [0.29, 0.717) is 6.42 Å². The second-order valence-electron chi connectivity index (χ2n) is 10.1. The van der Waals surface area contributed by atoms with Crippen molar-refractivity contribution in [2.45, 2.75) is 70.9 Å². The number of ether oxygens (including phenoxy) is 2. The highest BCUT2D eigenvalue weighted by Crippen LogP contribution is 2.44. The van der Waals surface area contributed by atoms with Crippen LogP contribution in [0.5, 0.6) is 0 Å². The number of nitrogens with zero attached hydrogens (tertiary/aromatic N) is 1. The summed E-state index contributed by atoms with van der Waals surface area (Å²) in [6.45, 7) is 8.82. The van der Waals surface area contributed by atoms with Gasteiger partial charge >= 0.3 is 12.1 Å². The minimum atomic E-state index is -1.15. The molecule has 1 saturated heterocycles. The maximum atomic E-state index is 13.7. The topological polar surface area (TPSA) is 105 Å². The van der Waals surface area contributed by atoms with E-state index in [-0.39, 0.29) is 18.4 Å². The van der Waals surface area contributed by atoms with E-state index >= 15 is 0 Å². The lowest BCUT2D eigenvalue weighted by atomic mass is 9.96. The fourth-order valence-electron chi connectivity index (χ4n) is 5.43. The van der Waals surface area contributed by atoms with E-state index in [2.05, 4.69) is 17.4 Å². The van der Waals surface area contributed by atoms with Gasteiger partial charge in [0.2, 0.25) is 5.91 Å². The molecule has 4 atom stereocenters. The van der Waals surface area contributed by atoms with Crippen molar-refractivity contribution in [3.63, 3.8) is 0 Å². The Kier molecular flexibility index (Phi) is 7.09. The van der Waals surface area contributed by atoms with Gasteiger partial charge in [0, 0.05) is 5.92 Å². The van der Waals surface area contributed by atoms with E-state index in [9.17, 15) is 19.5 Å². The van der Waals surface area contributed by atoms with Crippen LogP contribution in [-0.2, 0) is 19.1 Å². The second-order valence-corrected chi connectivity index (χ2v) is 10.1. The Morgan fingerprint density at radius 2 is 1.64 bits per heavy atom. The summed E-state index contributed by atoms with van der Waals surface area (Å²) in [5.41, 5.74) is 3.30. The molecule has 1 aliphatic carbocycles. The number of nitrogens with one attached hydrogen (secondary N) is 1. The fraction of sp³-hybridized carbons (Fsp3) is 0.464. The number of carboxylic acids is 1. The van der Waals surface area contributed by atoms with Gasteiger partial charge in [-0.1, -0.05) is 68.8 Å². The number of aliphatic carboxylic acids is 1. The SMILES string of the molecule is CC[C@H](C)[C@H](NC(=O)OCC1c2ccccc2-c2ccccc21)C(=O)N1[C@H](C(=O)O)[C@@H](C)OC1(C)C. The average molecular weight is 495 g/mol. The molecule has 1 fully saturated rings. The van der Waals surface area contributed by atoms with Crippen molar-refractivity contribution in [2.75, 3.05) is 6.61 Å². The third-order valence-corrected chi connectivity index (χ3v) is 7.36. The summed E-state index contributed by atoms with van der Waals surface area (Å²) < 4.78 is 11.4. The molecule has 192 valence electrons. The van der Waals surface area contributed by atoms with Gasteiger partial charge in [0.05, 0.1) is 6.10 Å². The van der Waals surface area contributed by atoms with Crippen LogP contribution in [0.3, 0.4) is 0 Å². The van der Waals surface area contributed by atoms with Crippen LogP contribution in [0.15, 0.2) is 48.5 Å². The Morgan fingerprint density at radius 1 is 1.08 bits per heavy atom. The Labute approximate surface area is 211 Å². The Bertz CT molecular complexity index is 1120. The normalized spacial score (nSPS) is 21.9. The number of alkyl carbamates (subject to hydrolysis) is 1. The molecule has 2 N–H and O–H groups in total. The van der Waals surface area contributed by atoms with E-state index in [1.165, 1.54) is 4.90 Å². The molecule has 8 nitrogen and oxygen atoms in total. The number of hydrogen-bond acceptors (Lipinski definition) is 5. The standard InChI is InChI=1S/C28H34N2O6/c1-6-16(2)23(25(31)30-24(26(32)33)17(3)36-28(30,4)5)29-27(34)35-15-22-20-13-9-7-11-18(20)19-12-8-10-14-21(19)22/h7-14,16-17,22-24H,6,15H2,1-5H3,(H,29,34)(H,32,33)/t16-,17+,23-,24-/m0/s1. The minimum Gasteiger partial charge on any atom is -0.480 e. The van der Waals surface area contributed by atoms with E-state index in [1.807, 2.05) is 50.2 Å². The Hall–Kier alpha value is -3.39. The molecule has 4 rings (SSSR count). The number of rotatable bonds is 7. The van der Waals surface area contributed by atoms with Crippen molar-refractivity contribution in [2.24, 2.45) is 5.92 Å². The van der Waals surface area contributed by atoms with Gasteiger partial charge in [0.25, 0.3) is 0 Å². The van der Waals surface area contributed by atoms with Crippen molar-refractivity contribution in [3.8, 4) is 11.1 Å². The summed E-state index contributed by atoms with van der Waals surface area (Å²) in [7, 11) is 0. The highest BCUT2D eigenvalue weighted by Gasteiger charge is 2.53. The van der Waals surface area contributed by atoms with E-state index in [0.717, 1.165) is 22.3 Å². The van der Waals surface area contributed by atoms with Crippen LogP contribution in [0.2, 0.25) is 0 Å². The molecule has 2 aromatic rings. The average Bonchev–Trinajstić information content (AvgIpc) is 3.29. The van der Waals surface area contributed by atoms with Crippen molar-refractivity contribution in [1.82, 2.24) is 10.2 Å². The van der Waals surface area contributed by atoms with Gasteiger partial charge in [-0.05, 0) is 48.9 Å². The zero-order chi connectivity index (χ0) is 26.2. The zero-order valence-corrected chi connectivity index (χ0v) is 21.4. The van der Waals surface area contributed by atoms with Crippen molar-refractivity contribution < 1.29 is 29.0 Å². The first-order chi connectivity index (χ1) is 17.1. The summed E-state index contributed by atoms with van der Waals surface area (Å²) >= 11 is 0. The zero-order valence-electron chi connectivity index (χ0n) is 21.4. The Morgan fingerprint density at radius 3 is 2.17 bits per heavy atom. The molecule has 1 aliphatic heterocycles. The molecule has 0 aromatic heterocycles. The van der Waals surface area contributed by atoms with Crippen LogP contribution in [0.4, 0.5) is 4.79 Å². The van der Waals surface area contributed by atoms with Crippen LogP contribution in [0.25, 0.3) is 11.1 Å². The van der Waals surface area contributed by atoms with Crippen LogP contribution in [0.1, 0.15) is 58.1 Å². The third-order valence-electron chi connectivity index (χ3n) is 7.36. The quantitative estimate of drug-likeness (QED) is 0.592. The predicted molar refractivity (Wildman–Crippen MR) is 134 cm³/mol. The summed E-state index contributed by atoms with van der Waals surface area (Å²) in [6.07, 6.45) is -0.801. The van der Waals surface area contributed by atoms with Crippen molar-refractivity contribution in [3.05, 3.63) is 59.7 Å². The van der Waals surface area contributed by atoms with Gasteiger partial charge < -0.3 is 19.9 Å². The smallest absolute Gasteiger partial charge is 0.407 e. The molecule has 2 amide bonds. The molecular formula is C28H34N2O6. The van der Waals surface area contributed by atoms with E-state index in [4.69, 9.17) is 9.47 Å². The van der Waals surface area contributed by atoms with Crippen molar-refractivity contribution >= 4 is 18.0 Å². The number of benzene rings is 2. The lowest BCUT2D eigenvalue weighted by Gasteiger charge is -2.36. The van der Waals surface area contributed by atoms with Gasteiger partial charge in [-0.15, -0.1) is 0 Å². The number of carboxylic acid groups (broad SMARTS) is 1. The summed E-state index contributed by atoms with van der Waals surface area (Å²) in [4.78, 5) is 39.8. The molecule has 0 saturated carbocycles. The number of hydrogen-bond donors (Lipinski definition) is 2. The highest BCUT2D eigenvalue weighted by molar-refractivity contribution is 5.91. The maximum Gasteiger partial charge on any atom is 0.407 e. The molecule has 8 heteroatoms. The number of carbonyl (C=O) groups excluding carboxylic acids is 2. The van der Waals surface area contributed by atoms with Gasteiger partial charge in [0.15, 0.2) is 6.04 Å². The molecular weight excluding hydrogens is 460 g/mol. The summed E-state index contributed by atoms with van der Waals surface area (Å²) in [5.74, 6) is -2.01. The molecule has 36 heavy (non-hydrogen) atoms. The number of amides is 2. The Balaban J connectivity index is 1.51. The molecule has 0 radical (unpaired) electrons. The van der Waals surface area contributed by atoms with E-state index in [1.54, 1.807) is 20.8 Å². The van der Waals surface area contributed by atoms with Crippen LogP contribution in [0, 0.1) is 5.92 Å². The fourth-order valence-corrected chi connectivity index (χ4v) is 5.43. The van der Waals surface area contributed by atoms with Gasteiger partial charge in [0.1, 0.15) is 18.4 Å². The summed E-state index contributed by atoms with van der Waals surface area (Å²) in [6, 6.07) is 14.0. The van der Waals surface area contributed by atoms with Gasteiger partial charge in [-0.2, -0.15) is 0 Å². The monoisotopic (exact) mass is 494 g/mol. The minimum absolute atomic E-state index is 0.107. The van der Waals surface area contributed by atoms with Crippen LogP contribution in [-0.4, -0.2) is 58.5 Å². The molecule has 2 aliphatic rings. The lowest BCUT2D eigenvalue weighted by molar-refractivity contribution is -0.157. The molecule has 0 bridgehead atoms. The lowest BCUT2D eigenvalue weighted by Crippen LogP contribution is -2.59. The number of carbonyl (C=O) groups is 3. The predicted octanol–water partition coefficient (Wildman–Crippen LogP) is 4.38. The maximum absolute atomic E-state index is 13.7. The first-order valence-electron chi connectivity index (χ1n) is 12.4. The second kappa shape index (κ2) is 9.93. The van der Waals surface area contributed by atoms with Gasteiger partial charge in [-0.3, -0.25) is 9.69 Å². The largest absolute Gasteiger partial charge is 0.480 e.